The highest BCUT2D eigenvalue weighted by atomic mass is 19.1. The summed E-state index contributed by atoms with van der Waals surface area (Å²) in [7, 11) is 0.969. The van der Waals surface area contributed by atoms with Gasteiger partial charge in [0.25, 0.3) is 5.60 Å². The lowest BCUT2D eigenvalue weighted by Crippen LogP contribution is -2.53. The van der Waals surface area contributed by atoms with Gasteiger partial charge in [0.1, 0.15) is 6.07 Å². The number of rotatable bonds is 2. The van der Waals surface area contributed by atoms with Gasteiger partial charge in [-0.15, -0.1) is 0 Å². The molecule has 0 fully saturated rings. The Morgan fingerprint density at radius 3 is 2.17 bits per heavy atom. The Bertz CT molecular complexity index is 228. The molecule has 5 heteroatoms. The van der Waals surface area contributed by atoms with E-state index in [1.54, 1.807) is 0 Å². The zero-order chi connectivity index (χ0) is 9.99. The molecule has 4 nitrogen and oxygen atoms in total. The Kier molecular flexibility index (Phi) is 2.78. The lowest BCUT2D eigenvalue weighted by atomic mass is 9.89. The molecule has 0 spiro atoms. The minimum absolute atomic E-state index is 0.924. The first kappa shape index (κ1) is 10.8. The molecule has 0 aromatic rings. The van der Waals surface area contributed by atoms with Gasteiger partial charge in [-0.1, -0.05) is 0 Å². The maximum Gasteiger partial charge on any atom is 0.356 e. The predicted molar refractivity (Wildman–Crippen MR) is 37.8 cm³/mol. The Labute approximate surface area is 69.6 Å². The number of methoxy groups -OCH3 is 1. The molecule has 0 aromatic carbocycles. The smallest absolute Gasteiger partial charge is 0.356 e. The molecule has 12 heavy (non-hydrogen) atoms. The summed E-state index contributed by atoms with van der Waals surface area (Å²) in [5, 5.41) is 17.6. The van der Waals surface area contributed by atoms with Crippen LogP contribution in [0.3, 0.4) is 0 Å². The van der Waals surface area contributed by atoms with E-state index in [9.17, 15) is 14.3 Å². The van der Waals surface area contributed by atoms with Gasteiger partial charge >= 0.3 is 5.97 Å². The van der Waals surface area contributed by atoms with Crippen LogP contribution >= 0.6 is 0 Å². The van der Waals surface area contributed by atoms with E-state index in [0.717, 1.165) is 21.0 Å². The molecular formula is C7H10FNO3. The standard InChI is InChI=1S/C7H10FNO3/c1-6(2,8)7(11,4-9)5(10)12-3/h11H,1-3H3. The van der Waals surface area contributed by atoms with Crippen molar-refractivity contribution in [2.75, 3.05) is 7.11 Å². The fourth-order valence-corrected chi connectivity index (χ4v) is 0.569. The van der Waals surface area contributed by atoms with Gasteiger partial charge in [-0.3, -0.25) is 0 Å². The third kappa shape index (κ3) is 1.53. The molecule has 0 saturated carbocycles. The van der Waals surface area contributed by atoms with Crippen LogP contribution in [0.2, 0.25) is 0 Å². The van der Waals surface area contributed by atoms with E-state index in [2.05, 4.69) is 4.74 Å². The number of hydrogen-bond donors (Lipinski definition) is 1. The molecule has 0 rings (SSSR count). The van der Waals surface area contributed by atoms with Crippen molar-refractivity contribution >= 4 is 5.97 Å². The Morgan fingerprint density at radius 1 is 1.67 bits per heavy atom. The fourth-order valence-electron chi connectivity index (χ4n) is 0.569. The van der Waals surface area contributed by atoms with Gasteiger partial charge in [-0.2, -0.15) is 5.26 Å². The van der Waals surface area contributed by atoms with Crippen LogP contribution in [0, 0.1) is 11.3 Å². The number of hydrogen-bond acceptors (Lipinski definition) is 4. The van der Waals surface area contributed by atoms with Crippen LogP contribution in [0.1, 0.15) is 13.8 Å². The van der Waals surface area contributed by atoms with Gasteiger partial charge in [0.15, 0.2) is 5.67 Å². The highest BCUT2D eigenvalue weighted by molar-refractivity contribution is 5.84. The van der Waals surface area contributed by atoms with Gasteiger partial charge in [-0.25, -0.2) is 9.18 Å². The fraction of sp³-hybridized carbons (Fsp3) is 0.714. The first-order chi connectivity index (χ1) is 5.29. The number of alkyl halides is 1. The Balaban J connectivity index is 4.98. The highest BCUT2D eigenvalue weighted by Gasteiger charge is 2.52. The van der Waals surface area contributed by atoms with Crippen molar-refractivity contribution in [1.29, 1.82) is 5.26 Å². The van der Waals surface area contributed by atoms with Gasteiger partial charge in [-0.05, 0) is 13.8 Å². The number of ether oxygens (including phenoxy) is 1. The summed E-state index contributed by atoms with van der Waals surface area (Å²) in [6.45, 7) is 1.85. The number of nitrogens with zero attached hydrogens (tertiary/aromatic N) is 1. The number of halogens is 1. The van der Waals surface area contributed by atoms with E-state index in [1.807, 2.05) is 0 Å². The van der Waals surface area contributed by atoms with Gasteiger partial charge in [0.2, 0.25) is 0 Å². The van der Waals surface area contributed by atoms with E-state index in [1.165, 1.54) is 6.07 Å². The average molecular weight is 175 g/mol. The van der Waals surface area contributed by atoms with Gasteiger partial charge in [0, 0.05) is 0 Å². The lowest BCUT2D eigenvalue weighted by molar-refractivity contribution is -0.168. The van der Waals surface area contributed by atoms with Crippen molar-refractivity contribution < 1.29 is 19.0 Å². The van der Waals surface area contributed by atoms with Gasteiger partial charge in [0.05, 0.1) is 7.11 Å². The van der Waals surface area contributed by atoms with Crippen molar-refractivity contribution in [3.8, 4) is 6.07 Å². The predicted octanol–water partition coefficient (Wildman–Crippen LogP) is 0.162. The quantitative estimate of drug-likeness (QED) is 0.479. The van der Waals surface area contributed by atoms with Crippen LogP contribution in [0.5, 0.6) is 0 Å². The second-order valence-electron chi connectivity index (χ2n) is 2.79. The molecule has 1 atom stereocenters. The molecular weight excluding hydrogens is 165 g/mol. The van der Waals surface area contributed by atoms with Crippen LogP contribution < -0.4 is 0 Å². The highest BCUT2D eigenvalue weighted by Crippen LogP contribution is 2.26. The minimum atomic E-state index is -2.73. The normalized spacial score (nSPS) is 16.0. The van der Waals surface area contributed by atoms with Crippen molar-refractivity contribution in [2.24, 2.45) is 0 Å². The maximum atomic E-state index is 13.1. The molecule has 0 amide bonds. The van der Waals surface area contributed by atoms with E-state index in [4.69, 9.17) is 5.26 Å². The average Bonchev–Trinajstić information content (AvgIpc) is 1.99. The van der Waals surface area contributed by atoms with Crippen LogP contribution in [0.4, 0.5) is 4.39 Å². The molecule has 0 saturated heterocycles. The monoisotopic (exact) mass is 175 g/mol. The number of nitriles is 1. The van der Waals surface area contributed by atoms with Crippen LogP contribution in [-0.2, 0) is 9.53 Å². The number of carbonyl (C=O) groups is 1. The van der Waals surface area contributed by atoms with Crippen molar-refractivity contribution in [3.63, 3.8) is 0 Å². The number of carbonyl (C=O) groups excluding carboxylic acids is 1. The van der Waals surface area contributed by atoms with Crippen LogP contribution in [0.25, 0.3) is 0 Å². The summed E-state index contributed by atoms with van der Waals surface area (Å²) in [6.07, 6.45) is 0. The van der Waals surface area contributed by atoms with E-state index in [0.29, 0.717) is 0 Å². The minimum Gasteiger partial charge on any atom is -0.466 e. The van der Waals surface area contributed by atoms with Crippen LogP contribution in [-0.4, -0.2) is 29.5 Å². The van der Waals surface area contributed by atoms with Crippen molar-refractivity contribution in [1.82, 2.24) is 0 Å². The molecule has 0 aliphatic rings. The second kappa shape index (κ2) is 3.07. The largest absolute Gasteiger partial charge is 0.466 e. The molecule has 1 N–H and O–H groups in total. The first-order valence-corrected chi connectivity index (χ1v) is 3.20. The summed E-state index contributed by atoms with van der Waals surface area (Å²) in [5.41, 5.74) is -5.09. The molecule has 0 aliphatic heterocycles. The molecule has 0 aliphatic carbocycles. The van der Waals surface area contributed by atoms with E-state index in [-0.39, 0.29) is 0 Å². The summed E-state index contributed by atoms with van der Waals surface area (Å²) in [4.78, 5) is 10.8. The number of aliphatic hydroxyl groups is 1. The topological polar surface area (TPSA) is 70.3 Å². The maximum absolute atomic E-state index is 13.1. The zero-order valence-corrected chi connectivity index (χ0v) is 7.09. The van der Waals surface area contributed by atoms with E-state index < -0.39 is 17.2 Å². The third-order valence-corrected chi connectivity index (χ3v) is 1.50. The van der Waals surface area contributed by atoms with Crippen molar-refractivity contribution in [3.05, 3.63) is 0 Å². The molecule has 0 heterocycles. The van der Waals surface area contributed by atoms with Gasteiger partial charge < -0.3 is 9.84 Å². The Hall–Kier alpha value is -1.15. The van der Waals surface area contributed by atoms with Crippen molar-refractivity contribution in [2.45, 2.75) is 25.1 Å². The summed E-state index contributed by atoms with van der Waals surface area (Å²) >= 11 is 0. The summed E-state index contributed by atoms with van der Waals surface area (Å²) in [6, 6.07) is 1.18. The third-order valence-electron chi connectivity index (χ3n) is 1.50. The molecule has 1 unspecified atom stereocenters. The molecule has 0 radical (unpaired) electrons. The lowest BCUT2D eigenvalue weighted by Gasteiger charge is -2.26. The first-order valence-electron chi connectivity index (χ1n) is 3.20. The molecule has 0 bridgehead atoms. The molecule has 68 valence electrons. The zero-order valence-electron chi connectivity index (χ0n) is 7.09. The SMILES string of the molecule is COC(=O)C(O)(C#N)C(C)(C)F. The van der Waals surface area contributed by atoms with E-state index >= 15 is 0 Å². The molecule has 0 aromatic heterocycles. The second-order valence-corrected chi connectivity index (χ2v) is 2.79. The summed E-state index contributed by atoms with van der Waals surface area (Å²) < 4.78 is 17.2. The summed E-state index contributed by atoms with van der Waals surface area (Å²) in [5.74, 6) is -1.29. The van der Waals surface area contributed by atoms with Crippen LogP contribution in [0.15, 0.2) is 0 Å². The number of esters is 1. The Morgan fingerprint density at radius 2 is 2.08 bits per heavy atom.